The summed E-state index contributed by atoms with van der Waals surface area (Å²) in [5, 5.41) is 14.2. The van der Waals surface area contributed by atoms with E-state index >= 15 is 0 Å². The Kier molecular flexibility index (Phi) is 7.00. The number of aliphatic imine (C=N–C) groups is 2. The summed E-state index contributed by atoms with van der Waals surface area (Å²) in [7, 11) is 0. The minimum Gasteiger partial charge on any atom is -0.396 e. The van der Waals surface area contributed by atoms with Gasteiger partial charge in [-0.1, -0.05) is 24.0 Å². The number of rotatable bonds is 6. The zero-order valence-electron chi connectivity index (χ0n) is 17.6. The van der Waals surface area contributed by atoms with Crippen LogP contribution in [0.15, 0.2) is 46.6 Å². The Bertz CT molecular complexity index is 1100. The molecule has 1 atom stereocenters. The Morgan fingerprint density at radius 3 is 2.62 bits per heavy atom. The number of Topliss-reactive ketones (excluding diaryl/α,β-unsaturated/α-hetero) is 1. The summed E-state index contributed by atoms with van der Waals surface area (Å²) in [5.74, 6) is 4.97. The van der Waals surface area contributed by atoms with Gasteiger partial charge >= 0.3 is 5.91 Å². The molecule has 1 amide bonds. The van der Waals surface area contributed by atoms with Gasteiger partial charge in [-0.25, -0.2) is 4.99 Å². The quantitative estimate of drug-likeness (QED) is 0.553. The van der Waals surface area contributed by atoms with Crippen molar-refractivity contribution in [2.24, 2.45) is 15.9 Å². The molecule has 2 aromatic rings. The van der Waals surface area contributed by atoms with Crippen molar-refractivity contribution in [2.75, 3.05) is 19.8 Å². The minimum atomic E-state index is -0.826. The average Bonchev–Trinajstić information content (AvgIpc) is 3.27. The molecule has 1 fully saturated rings. The highest BCUT2D eigenvalue weighted by molar-refractivity contribution is 6.66. The van der Waals surface area contributed by atoms with Crippen LogP contribution in [0.3, 0.4) is 0 Å². The fourth-order valence-corrected chi connectivity index (χ4v) is 3.76. The second-order valence-corrected chi connectivity index (χ2v) is 7.92. The molecular formula is C24H24N4O4. The van der Waals surface area contributed by atoms with Crippen molar-refractivity contribution in [1.29, 1.82) is 0 Å². The van der Waals surface area contributed by atoms with Gasteiger partial charge < -0.3 is 9.84 Å². The zero-order valence-corrected chi connectivity index (χ0v) is 17.6. The maximum atomic E-state index is 11.9. The van der Waals surface area contributed by atoms with E-state index in [2.05, 4.69) is 26.9 Å². The predicted molar refractivity (Wildman–Crippen MR) is 119 cm³/mol. The average molecular weight is 432 g/mol. The van der Waals surface area contributed by atoms with Crippen LogP contribution in [0.1, 0.15) is 41.9 Å². The first-order chi connectivity index (χ1) is 15.6. The van der Waals surface area contributed by atoms with Crippen molar-refractivity contribution in [3.8, 4) is 11.8 Å². The number of ketones is 1. The third-order valence-corrected chi connectivity index (χ3v) is 5.66. The summed E-state index contributed by atoms with van der Waals surface area (Å²) >= 11 is 0. The Balaban J connectivity index is 1.38. The van der Waals surface area contributed by atoms with E-state index in [1.807, 2.05) is 35.1 Å². The fraction of sp³-hybridized carbons (Fsp3) is 0.375. The van der Waals surface area contributed by atoms with Crippen molar-refractivity contribution >= 4 is 23.7 Å². The van der Waals surface area contributed by atoms with E-state index < -0.39 is 11.7 Å². The first-order valence-electron chi connectivity index (χ1n) is 10.6. The number of ether oxygens (including phenoxy) is 1. The Morgan fingerprint density at radius 1 is 1.12 bits per heavy atom. The summed E-state index contributed by atoms with van der Waals surface area (Å²) in [6, 6.07) is 7.47. The van der Waals surface area contributed by atoms with Crippen LogP contribution in [-0.4, -0.2) is 58.4 Å². The van der Waals surface area contributed by atoms with Gasteiger partial charge in [-0.2, -0.15) is 10.1 Å². The monoisotopic (exact) mass is 432 g/mol. The van der Waals surface area contributed by atoms with E-state index in [0.29, 0.717) is 5.92 Å². The van der Waals surface area contributed by atoms with Gasteiger partial charge in [0.2, 0.25) is 0 Å². The second-order valence-electron chi connectivity index (χ2n) is 7.92. The molecule has 8 heteroatoms. The third-order valence-electron chi connectivity index (χ3n) is 5.66. The number of nitrogens with zero attached hydrogens (tertiary/aromatic N) is 4. The molecule has 0 saturated carbocycles. The summed E-state index contributed by atoms with van der Waals surface area (Å²) in [6.45, 7) is 2.35. The molecule has 3 heterocycles. The molecule has 164 valence electrons. The summed E-state index contributed by atoms with van der Waals surface area (Å²) in [5.41, 5.74) is 2.64. The van der Waals surface area contributed by atoms with Gasteiger partial charge in [0.1, 0.15) is 6.34 Å². The van der Waals surface area contributed by atoms with Gasteiger partial charge in [0.05, 0.1) is 24.1 Å². The summed E-state index contributed by atoms with van der Waals surface area (Å²) < 4.78 is 7.35. The Morgan fingerprint density at radius 2 is 1.88 bits per heavy atom. The van der Waals surface area contributed by atoms with Crippen molar-refractivity contribution in [3.05, 3.63) is 53.3 Å². The van der Waals surface area contributed by atoms with Crippen LogP contribution in [0.5, 0.6) is 0 Å². The van der Waals surface area contributed by atoms with Gasteiger partial charge in [-0.3, -0.25) is 14.3 Å². The molecule has 8 nitrogen and oxygen atoms in total. The normalized spacial score (nSPS) is 17.6. The van der Waals surface area contributed by atoms with Crippen LogP contribution >= 0.6 is 0 Å². The first-order valence-corrected chi connectivity index (χ1v) is 10.6. The van der Waals surface area contributed by atoms with Gasteiger partial charge in [0.15, 0.2) is 0 Å². The minimum absolute atomic E-state index is 0.116. The molecule has 32 heavy (non-hydrogen) atoms. The van der Waals surface area contributed by atoms with Crippen molar-refractivity contribution in [1.82, 2.24) is 9.78 Å². The van der Waals surface area contributed by atoms with Crippen LogP contribution in [0.25, 0.3) is 0 Å². The zero-order chi connectivity index (χ0) is 22.3. The SMILES string of the molecule is O=C1N=CN=C(CC(CO)c2ccc(C#Cc3cnn(CC4CCOCC4)c3)cc2)C1=O. The number of aliphatic hydroxyl groups is 1. The largest absolute Gasteiger partial charge is 0.396 e. The Labute approximate surface area is 186 Å². The number of aliphatic hydroxyl groups excluding tert-OH is 1. The van der Waals surface area contributed by atoms with E-state index in [0.717, 1.165) is 55.6 Å². The standard InChI is InChI=1S/C24H24N4O4/c29-15-21(11-22-23(30)24(31)26-16-25-22)20-5-3-17(4-6-20)1-2-19-12-27-28(14-19)13-18-7-9-32-10-8-18/h3-6,12,14,16,18,21,29H,7-11,13,15H2. The van der Waals surface area contributed by atoms with E-state index in [1.165, 1.54) is 0 Å². The molecule has 1 unspecified atom stereocenters. The highest BCUT2D eigenvalue weighted by atomic mass is 16.5. The predicted octanol–water partition coefficient (Wildman–Crippen LogP) is 1.75. The number of benzene rings is 1. The molecule has 0 radical (unpaired) electrons. The lowest BCUT2D eigenvalue weighted by molar-refractivity contribution is -0.132. The highest BCUT2D eigenvalue weighted by Gasteiger charge is 2.25. The highest BCUT2D eigenvalue weighted by Crippen LogP contribution is 2.21. The molecule has 2 aliphatic rings. The summed E-state index contributed by atoms with van der Waals surface area (Å²) in [6.07, 6.45) is 7.11. The van der Waals surface area contributed by atoms with Crippen LogP contribution < -0.4 is 0 Å². The van der Waals surface area contributed by atoms with E-state index in [9.17, 15) is 14.7 Å². The molecule has 0 bridgehead atoms. The van der Waals surface area contributed by atoms with Gasteiger partial charge in [0, 0.05) is 43.9 Å². The van der Waals surface area contributed by atoms with Gasteiger partial charge in [-0.05, 0) is 36.5 Å². The van der Waals surface area contributed by atoms with Crippen molar-refractivity contribution in [2.45, 2.75) is 31.7 Å². The third kappa shape index (κ3) is 5.44. The molecular weight excluding hydrogens is 408 g/mol. The Hall–Kier alpha value is -3.41. The van der Waals surface area contributed by atoms with Gasteiger partial charge in [0.25, 0.3) is 5.78 Å². The first kappa shape index (κ1) is 21.8. The second kappa shape index (κ2) is 10.3. The maximum Gasteiger partial charge on any atom is 0.320 e. The maximum absolute atomic E-state index is 11.9. The smallest absolute Gasteiger partial charge is 0.320 e. The van der Waals surface area contributed by atoms with Crippen LogP contribution in [0.2, 0.25) is 0 Å². The lowest BCUT2D eigenvalue weighted by atomic mass is 9.92. The molecule has 0 spiro atoms. The molecule has 1 aromatic carbocycles. The van der Waals surface area contributed by atoms with Crippen LogP contribution in [-0.2, 0) is 20.9 Å². The van der Waals surface area contributed by atoms with Crippen LogP contribution in [0.4, 0.5) is 0 Å². The van der Waals surface area contributed by atoms with Gasteiger partial charge in [-0.15, -0.1) is 0 Å². The number of amides is 1. The van der Waals surface area contributed by atoms with Crippen molar-refractivity contribution < 1.29 is 19.4 Å². The molecule has 2 aliphatic heterocycles. The number of hydrogen-bond donors (Lipinski definition) is 1. The lowest BCUT2D eigenvalue weighted by Crippen LogP contribution is -2.28. The number of carbonyl (C=O) groups is 2. The number of aromatic nitrogens is 2. The number of carbonyl (C=O) groups excluding carboxylic acids is 2. The fourth-order valence-electron chi connectivity index (χ4n) is 3.76. The molecule has 1 aromatic heterocycles. The molecule has 1 saturated heterocycles. The molecule has 0 aliphatic carbocycles. The van der Waals surface area contributed by atoms with E-state index in [1.54, 1.807) is 6.20 Å². The van der Waals surface area contributed by atoms with Crippen molar-refractivity contribution in [3.63, 3.8) is 0 Å². The van der Waals surface area contributed by atoms with E-state index in [4.69, 9.17) is 4.74 Å². The topological polar surface area (TPSA) is 106 Å². The van der Waals surface area contributed by atoms with Crippen LogP contribution in [0, 0.1) is 17.8 Å². The number of hydrogen-bond acceptors (Lipinski definition) is 6. The molecule has 4 rings (SSSR count). The summed E-state index contributed by atoms with van der Waals surface area (Å²) in [4.78, 5) is 30.6. The van der Waals surface area contributed by atoms with E-state index in [-0.39, 0.29) is 24.7 Å². The molecule has 1 N–H and O–H groups in total. The lowest BCUT2D eigenvalue weighted by Gasteiger charge is -2.21.